The Kier molecular flexibility index (Phi) is 4.64. The van der Waals surface area contributed by atoms with Crippen LogP contribution in [0.15, 0.2) is 78.9 Å². The van der Waals surface area contributed by atoms with E-state index in [9.17, 15) is 19.7 Å². The standard InChI is InChI=1S/C27H22N2O5/c30-25-23-22-18-10-4-6-12-20(18)27(29(32)33,21-13-7-5-11-19(21)22)24(23)26(31)28(25)14-15-34-16-17-8-2-1-3-9-17/h1-13,22-24H,14-16H2. The molecular formula is C27H22N2O5. The summed E-state index contributed by atoms with van der Waals surface area (Å²) in [5.41, 5.74) is 1.79. The Morgan fingerprint density at radius 3 is 2.06 bits per heavy atom. The van der Waals surface area contributed by atoms with Crippen LogP contribution in [-0.4, -0.2) is 34.8 Å². The zero-order valence-electron chi connectivity index (χ0n) is 18.3. The Morgan fingerprint density at radius 2 is 1.44 bits per heavy atom. The number of hydrogen-bond donors (Lipinski definition) is 0. The smallest absolute Gasteiger partial charge is 0.284 e. The molecule has 1 aliphatic heterocycles. The van der Waals surface area contributed by atoms with E-state index in [1.165, 1.54) is 4.90 Å². The highest BCUT2D eigenvalue weighted by Crippen LogP contribution is 2.64. The van der Waals surface area contributed by atoms with E-state index in [0.717, 1.165) is 16.7 Å². The summed E-state index contributed by atoms with van der Waals surface area (Å²) in [7, 11) is 0. The van der Waals surface area contributed by atoms with Crippen LogP contribution in [0, 0.1) is 22.0 Å². The van der Waals surface area contributed by atoms with Gasteiger partial charge in [-0.25, -0.2) is 0 Å². The molecule has 2 unspecified atom stereocenters. The van der Waals surface area contributed by atoms with Gasteiger partial charge in [0, 0.05) is 22.0 Å². The minimum atomic E-state index is -1.78. The second-order valence-electron chi connectivity index (χ2n) is 9.05. The molecular weight excluding hydrogens is 432 g/mol. The molecule has 0 N–H and O–H groups in total. The molecule has 3 aliphatic carbocycles. The molecule has 2 atom stereocenters. The van der Waals surface area contributed by atoms with Crippen molar-refractivity contribution in [3.8, 4) is 0 Å². The zero-order chi connectivity index (χ0) is 23.4. The van der Waals surface area contributed by atoms with Crippen LogP contribution in [0.25, 0.3) is 0 Å². The van der Waals surface area contributed by atoms with Crippen LogP contribution >= 0.6 is 0 Å². The lowest BCUT2D eigenvalue weighted by Gasteiger charge is -2.48. The number of ether oxygens (including phenoxy) is 1. The molecule has 34 heavy (non-hydrogen) atoms. The maximum absolute atomic E-state index is 13.7. The van der Waals surface area contributed by atoms with Crippen LogP contribution in [0.1, 0.15) is 33.7 Å². The molecule has 0 saturated carbocycles. The van der Waals surface area contributed by atoms with Crippen molar-refractivity contribution in [1.82, 2.24) is 4.90 Å². The van der Waals surface area contributed by atoms with Crippen molar-refractivity contribution >= 4 is 11.8 Å². The highest BCUT2D eigenvalue weighted by Gasteiger charge is 2.74. The molecule has 3 aromatic carbocycles. The van der Waals surface area contributed by atoms with Gasteiger partial charge in [0.2, 0.25) is 11.8 Å². The topological polar surface area (TPSA) is 89.8 Å². The molecule has 2 amide bonds. The lowest BCUT2D eigenvalue weighted by Crippen LogP contribution is -2.57. The van der Waals surface area contributed by atoms with Gasteiger partial charge >= 0.3 is 0 Å². The van der Waals surface area contributed by atoms with Crippen LogP contribution < -0.4 is 0 Å². The van der Waals surface area contributed by atoms with E-state index in [4.69, 9.17) is 4.74 Å². The number of carbonyl (C=O) groups excluding carboxylic acids is 2. The molecule has 1 fully saturated rings. The van der Waals surface area contributed by atoms with Gasteiger partial charge in [0.05, 0.1) is 25.7 Å². The van der Waals surface area contributed by atoms with Crippen LogP contribution in [0.2, 0.25) is 0 Å². The molecule has 1 saturated heterocycles. The molecule has 4 aliphatic rings. The van der Waals surface area contributed by atoms with Crippen LogP contribution in [0.5, 0.6) is 0 Å². The fourth-order valence-electron chi connectivity index (χ4n) is 6.24. The van der Waals surface area contributed by atoms with Gasteiger partial charge in [-0.3, -0.25) is 24.6 Å². The quantitative estimate of drug-likeness (QED) is 0.246. The number of likely N-dealkylation sites (tertiary alicyclic amines) is 1. The van der Waals surface area contributed by atoms with Crippen molar-refractivity contribution in [2.24, 2.45) is 11.8 Å². The molecule has 170 valence electrons. The van der Waals surface area contributed by atoms with Gasteiger partial charge in [-0.2, -0.15) is 0 Å². The van der Waals surface area contributed by atoms with E-state index in [-0.39, 0.29) is 29.9 Å². The third-order valence-electron chi connectivity index (χ3n) is 7.52. The first kappa shape index (κ1) is 20.7. The summed E-state index contributed by atoms with van der Waals surface area (Å²) in [6, 6.07) is 24.0. The van der Waals surface area contributed by atoms with Gasteiger partial charge in [0.25, 0.3) is 5.54 Å². The average Bonchev–Trinajstić information content (AvgIpc) is 3.12. The van der Waals surface area contributed by atoms with E-state index in [0.29, 0.717) is 17.7 Å². The Balaban J connectivity index is 1.38. The van der Waals surface area contributed by atoms with E-state index in [2.05, 4.69) is 0 Å². The molecule has 7 heteroatoms. The lowest BCUT2D eigenvalue weighted by molar-refractivity contribution is -0.578. The number of hydrogen-bond acceptors (Lipinski definition) is 5. The average molecular weight is 454 g/mol. The summed E-state index contributed by atoms with van der Waals surface area (Å²) in [4.78, 5) is 41.0. The van der Waals surface area contributed by atoms with Gasteiger partial charge < -0.3 is 4.74 Å². The summed E-state index contributed by atoms with van der Waals surface area (Å²) in [5, 5.41) is 12.9. The van der Waals surface area contributed by atoms with Crippen molar-refractivity contribution < 1.29 is 19.2 Å². The third-order valence-corrected chi connectivity index (χ3v) is 7.52. The minimum Gasteiger partial charge on any atom is -0.375 e. The van der Waals surface area contributed by atoms with E-state index in [1.54, 1.807) is 24.3 Å². The van der Waals surface area contributed by atoms with Crippen LogP contribution in [-0.2, 0) is 26.5 Å². The Labute approximate surface area is 196 Å². The number of amides is 2. The SMILES string of the molecule is O=C1C2C3c4ccccc4C([N+](=O)[O-])(c4ccccc43)C2C(=O)N1CCOCc1ccccc1. The predicted octanol–water partition coefficient (Wildman–Crippen LogP) is 3.48. The number of nitrogens with zero attached hydrogens (tertiary/aromatic N) is 2. The summed E-state index contributed by atoms with van der Waals surface area (Å²) >= 11 is 0. The molecule has 0 radical (unpaired) electrons. The maximum Gasteiger partial charge on any atom is 0.284 e. The second kappa shape index (κ2) is 7.60. The molecule has 1 heterocycles. The van der Waals surface area contributed by atoms with Gasteiger partial charge in [-0.15, -0.1) is 0 Å². The minimum absolute atomic E-state index is 0.0741. The fourth-order valence-corrected chi connectivity index (χ4v) is 6.24. The molecule has 7 nitrogen and oxygen atoms in total. The Bertz CT molecular complexity index is 1270. The first-order valence-corrected chi connectivity index (χ1v) is 11.4. The van der Waals surface area contributed by atoms with Gasteiger partial charge in [0.1, 0.15) is 5.92 Å². The van der Waals surface area contributed by atoms with Crippen molar-refractivity contribution in [2.45, 2.75) is 18.1 Å². The Hall–Kier alpha value is -3.84. The summed E-state index contributed by atoms with van der Waals surface area (Å²) in [5.74, 6) is -3.08. The van der Waals surface area contributed by atoms with Crippen molar-refractivity contribution in [2.75, 3.05) is 13.2 Å². The van der Waals surface area contributed by atoms with E-state index >= 15 is 0 Å². The van der Waals surface area contributed by atoms with Crippen molar-refractivity contribution in [3.63, 3.8) is 0 Å². The first-order valence-electron chi connectivity index (χ1n) is 11.4. The number of benzene rings is 3. The summed E-state index contributed by atoms with van der Waals surface area (Å²) in [6.07, 6.45) is 0. The zero-order valence-corrected chi connectivity index (χ0v) is 18.3. The number of nitro groups is 1. The van der Waals surface area contributed by atoms with Crippen molar-refractivity contribution in [3.05, 3.63) is 117 Å². The van der Waals surface area contributed by atoms with E-state index < -0.39 is 23.3 Å². The molecule has 7 rings (SSSR count). The van der Waals surface area contributed by atoms with Gasteiger partial charge in [-0.1, -0.05) is 78.9 Å². The van der Waals surface area contributed by atoms with Gasteiger partial charge in [0.15, 0.2) is 0 Å². The Morgan fingerprint density at radius 1 is 0.853 bits per heavy atom. The van der Waals surface area contributed by atoms with Crippen LogP contribution in [0.3, 0.4) is 0 Å². The highest BCUT2D eigenvalue weighted by atomic mass is 16.6. The van der Waals surface area contributed by atoms with Crippen molar-refractivity contribution in [1.29, 1.82) is 0 Å². The molecule has 0 spiro atoms. The molecule has 2 bridgehead atoms. The largest absolute Gasteiger partial charge is 0.375 e. The maximum atomic E-state index is 13.7. The summed E-state index contributed by atoms with van der Waals surface area (Å²) in [6.45, 7) is 0.606. The predicted molar refractivity (Wildman–Crippen MR) is 122 cm³/mol. The fraction of sp³-hybridized carbons (Fsp3) is 0.259. The number of carbonyl (C=O) groups is 2. The van der Waals surface area contributed by atoms with Gasteiger partial charge in [-0.05, 0) is 16.7 Å². The van der Waals surface area contributed by atoms with Crippen LogP contribution in [0.4, 0.5) is 0 Å². The highest BCUT2D eigenvalue weighted by molar-refractivity contribution is 6.08. The summed E-state index contributed by atoms with van der Waals surface area (Å²) < 4.78 is 5.72. The second-order valence-corrected chi connectivity index (χ2v) is 9.05. The first-order chi connectivity index (χ1) is 16.6. The molecule has 0 aromatic heterocycles. The normalized spacial score (nSPS) is 26.2. The van der Waals surface area contributed by atoms with E-state index in [1.807, 2.05) is 54.6 Å². The monoisotopic (exact) mass is 454 g/mol. The molecule has 3 aromatic rings. The lowest BCUT2D eigenvalue weighted by atomic mass is 9.51. The number of imide groups is 1. The number of rotatable bonds is 6. The third kappa shape index (κ3) is 2.61.